The molecule has 0 saturated carbocycles. The summed E-state index contributed by atoms with van der Waals surface area (Å²) in [7, 11) is 1.63. The maximum absolute atomic E-state index is 9.12. The van der Waals surface area contributed by atoms with Crippen LogP contribution in [0.3, 0.4) is 0 Å². The van der Waals surface area contributed by atoms with Crippen molar-refractivity contribution in [1.82, 2.24) is 0 Å². The van der Waals surface area contributed by atoms with E-state index in [2.05, 4.69) is 0 Å². The fourth-order valence-corrected chi connectivity index (χ4v) is 1.34. The van der Waals surface area contributed by atoms with Gasteiger partial charge in [0.1, 0.15) is 0 Å². The van der Waals surface area contributed by atoms with Gasteiger partial charge in [-0.2, -0.15) is 0 Å². The van der Waals surface area contributed by atoms with Gasteiger partial charge in [-0.15, -0.1) is 0 Å². The van der Waals surface area contributed by atoms with Gasteiger partial charge in [0.25, 0.3) is 0 Å². The molecule has 0 spiro atoms. The lowest BCUT2D eigenvalue weighted by Crippen LogP contribution is -2.31. The van der Waals surface area contributed by atoms with Crippen LogP contribution in [0.1, 0.15) is 26.2 Å². The average molecular weight is 176 g/mol. The molecule has 0 bridgehead atoms. The van der Waals surface area contributed by atoms with Crippen molar-refractivity contribution >= 4 is 0 Å². The lowest BCUT2D eigenvalue weighted by atomic mass is 9.82. The molecule has 0 aromatic rings. The SMILES string of the molecule is CCCC(CO)(CO)CCOC. The van der Waals surface area contributed by atoms with Gasteiger partial charge in [-0.05, 0) is 12.8 Å². The van der Waals surface area contributed by atoms with Gasteiger partial charge in [0.15, 0.2) is 0 Å². The molecule has 0 rings (SSSR count). The topological polar surface area (TPSA) is 49.7 Å². The molecule has 0 heterocycles. The van der Waals surface area contributed by atoms with E-state index < -0.39 is 0 Å². The Kier molecular flexibility index (Phi) is 6.34. The van der Waals surface area contributed by atoms with Gasteiger partial charge in [-0.1, -0.05) is 13.3 Å². The van der Waals surface area contributed by atoms with Crippen LogP contribution in [-0.4, -0.2) is 37.1 Å². The number of ether oxygens (including phenoxy) is 1. The van der Waals surface area contributed by atoms with E-state index in [0.29, 0.717) is 6.61 Å². The molecule has 12 heavy (non-hydrogen) atoms. The van der Waals surface area contributed by atoms with Crippen molar-refractivity contribution in [3.63, 3.8) is 0 Å². The summed E-state index contributed by atoms with van der Waals surface area (Å²) in [6, 6.07) is 0. The van der Waals surface area contributed by atoms with Gasteiger partial charge in [-0.3, -0.25) is 0 Å². The van der Waals surface area contributed by atoms with Crippen LogP contribution < -0.4 is 0 Å². The Bertz CT molecular complexity index is 99.9. The van der Waals surface area contributed by atoms with Crippen molar-refractivity contribution in [3.05, 3.63) is 0 Å². The first-order valence-corrected chi connectivity index (χ1v) is 4.45. The second-order valence-electron chi connectivity index (χ2n) is 3.31. The summed E-state index contributed by atoms with van der Waals surface area (Å²) in [5.74, 6) is 0. The van der Waals surface area contributed by atoms with Gasteiger partial charge in [0, 0.05) is 19.1 Å². The number of rotatable bonds is 7. The minimum absolute atomic E-state index is 0.0424. The molecule has 0 unspecified atom stereocenters. The Morgan fingerprint density at radius 3 is 2.08 bits per heavy atom. The third-order valence-corrected chi connectivity index (χ3v) is 2.29. The third-order valence-electron chi connectivity index (χ3n) is 2.29. The molecular formula is C9H20O3. The normalized spacial score (nSPS) is 12.0. The highest BCUT2D eigenvalue weighted by atomic mass is 16.5. The van der Waals surface area contributed by atoms with Crippen LogP contribution in [0.5, 0.6) is 0 Å². The van der Waals surface area contributed by atoms with Gasteiger partial charge in [-0.25, -0.2) is 0 Å². The number of aliphatic hydroxyl groups is 2. The molecule has 0 aliphatic carbocycles. The third kappa shape index (κ3) is 3.52. The summed E-state index contributed by atoms with van der Waals surface area (Å²) in [6.45, 7) is 2.73. The monoisotopic (exact) mass is 176 g/mol. The van der Waals surface area contributed by atoms with Crippen LogP contribution in [0.2, 0.25) is 0 Å². The molecule has 0 amide bonds. The number of methoxy groups -OCH3 is 1. The first kappa shape index (κ1) is 11.9. The van der Waals surface area contributed by atoms with Crippen LogP contribution in [-0.2, 0) is 4.74 Å². The highest BCUT2D eigenvalue weighted by Crippen LogP contribution is 2.26. The fourth-order valence-electron chi connectivity index (χ4n) is 1.34. The fraction of sp³-hybridized carbons (Fsp3) is 1.00. The van der Waals surface area contributed by atoms with Crippen molar-refractivity contribution < 1.29 is 14.9 Å². The summed E-state index contributed by atoms with van der Waals surface area (Å²) >= 11 is 0. The quantitative estimate of drug-likeness (QED) is 0.603. The van der Waals surface area contributed by atoms with E-state index in [-0.39, 0.29) is 18.6 Å². The van der Waals surface area contributed by atoms with Gasteiger partial charge in [0.05, 0.1) is 13.2 Å². The molecule has 0 aliphatic heterocycles. The minimum Gasteiger partial charge on any atom is -0.396 e. The summed E-state index contributed by atoms with van der Waals surface area (Å²) in [5, 5.41) is 18.2. The summed E-state index contributed by atoms with van der Waals surface area (Å²) in [6.07, 6.45) is 2.55. The van der Waals surface area contributed by atoms with Crippen LogP contribution in [0.25, 0.3) is 0 Å². The zero-order valence-electron chi connectivity index (χ0n) is 8.05. The molecular weight excluding hydrogens is 156 g/mol. The second-order valence-corrected chi connectivity index (χ2v) is 3.31. The molecule has 2 N–H and O–H groups in total. The van der Waals surface area contributed by atoms with E-state index in [4.69, 9.17) is 14.9 Å². The van der Waals surface area contributed by atoms with E-state index in [9.17, 15) is 0 Å². The maximum Gasteiger partial charge on any atom is 0.0510 e. The molecule has 0 radical (unpaired) electrons. The lowest BCUT2D eigenvalue weighted by molar-refractivity contribution is 0.0182. The highest BCUT2D eigenvalue weighted by Gasteiger charge is 2.26. The molecule has 3 nitrogen and oxygen atoms in total. The van der Waals surface area contributed by atoms with Crippen LogP contribution >= 0.6 is 0 Å². The van der Waals surface area contributed by atoms with E-state index in [1.165, 1.54) is 0 Å². The van der Waals surface area contributed by atoms with Crippen molar-refractivity contribution in [1.29, 1.82) is 0 Å². The molecule has 0 saturated heterocycles. The maximum atomic E-state index is 9.12. The summed E-state index contributed by atoms with van der Waals surface area (Å²) in [5.41, 5.74) is -0.329. The van der Waals surface area contributed by atoms with Gasteiger partial charge >= 0.3 is 0 Å². The molecule has 0 aliphatic rings. The second kappa shape index (κ2) is 6.40. The molecule has 74 valence electrons. The predicted octanol–water partition coefficient (Wildman–Crippen LogP) is 0.794. The van der Waals surface area contributed by atoms with E-state index in [1.807, 2.05) is 6.92 Å². The Labute approximate surface area is 74.4 Å². The van der Waals surface area contributed by atoms with Crippen molar-refractivity contribution in [3.8, 4) is 0 Å². The number of hydrogen-bond acceptors (Lipinski definition) is 3. The van der Waals surface area contributed by atoms with Crippen molar-refractivity contribution in [2.75, 3.05) is 26.9 Å². The summed E-state index contributed by atoms with van der Waals surface area (Å²) in [4.78, 5) is 0. The summed E-state index contributed by atoms with van der Waals surface area (Å²) < 4.78 is 4.93. The van der Waals surface area contributed by atoms with E-state index in [1.54, 1.807) is 7.11 Å². The zero-order valence-corrected chi connectivity index (χ0v) is 8.05. The standard InChI is InChI=1S/C9H20O3/c1-3-4-9(7-10,8-11)5-6-12-2/h10-11H,3-8H2,1-2H3. The molecule has 0 atom stereocenters. The smallest absolute Gasteiger partial charge is 0.0510 e. The van der Waals surface area contributed by atoms with Crippen molar-refractivity contribution in [2.24, 2.45) is 5.41 Å². The largest absolute Gasteiger partial charge is 0.396 e. The predicted molar refractivity (Wildman–Crippen MR) is 48.0 cm³/mol. The first-order valence-electron chi connectivity index (χ1n) is 4.45. The van der Waals surface area contributed by atoms with E-state index >= 15 is 0 Å². The van der Waals surface area contributed by atoms with Crippen LogP contribution in [0, 0.1) is 5.41 Å². The van der Waals surface area contributed by atoms with Gasteiger partial charge in [0.2, 0.25) is 0 Å². The lowest BCUT2D eigenvalue weighted by Gasteiger charge is -2.28. The van der Waals surface area contributed by atoms with Crippen LogP contribution in [0.4, 0.5) is 0 Å². The van der Waals surface area contributed by atoms with Gasteiger partial charge < -0.3 is 14.9 Å². The highest BCUT2D eigenvalue weighted by molar-refractivity contribution is 4.76. The Hall–Kier alpha value is -0.120. The van der Waals surface area contributed by atoms with Crippen molar-refractivity contribution in [2.45, 2.75) is 26.2 Å². The molecule has 0 aromatic heterocycles. The number of aliphatic hydroxyl groups excluding tert-OH is 2. The molecule has 3 heteroatoms. The number of hydrogen-bond donors (Lipinski definition) is 2. The van der Waals surface area contributed by atoms with Crippen LogP contribution in [0.15, 0.2) is 0 Å². The average Bonchev–Trinajstić information content (AvgIpc) is 2.13. The first-order chi connectivity index (χ1) is 5.74. The van der Waals surface area contributed by atoms with E-state index in [0.717, 1.165) is 19.3 Å². The Morgan fingerprint density at radius 2 is 1.75 bits per heavy atom. The molecule has 0 aromatic carbocycles. The Morgan fingerprint density at radius 1 is 1.17 bits per heavy atom. The Balaban J connectivity index is 3.95. The minimum atomic E-state index is -0.329. The molecule has 0 fully saturated rings. The zero-order chi connectivity index (χ0) is 9.45.